The van der Waals surface area contributed by atoms with Gasteiger partial charge < -0.3 is 5.32 Å². The number of amides is 1. The van der Waals surface area contributed by atoms with E-state index in [9.17, 15) is 13.2 Å². The van der Waals surface area contributed by atoms with Gasteiger partial charge in [-0.15, -0.1) is 0 Å². The molecule has 6 heteroatoms. The van der Waals surface area contributed by atoms with Crippen molar-refractivity contribution in [3.8, 4) is 0 Å². The van der Waals surface area contributed by atoms with Crippen molar-refractivity contribution in [2.45, 2.75) is 76.8 Å². The SMILES string of the molecule is CCC[C@@H](C)NC(=O)c1cc(S(=O)(=O)N2CCCC[C@H]2C)ccc1C. The van der Waals surface area contributed by atoms with Crippen molar-refractivity contribution >= 4 is 15.9 Å². The lowest BCUT2D eigenvalue weighted by atomic mass is 10.1. The Morgan fingerprint density at radius 1 is 1.36 bits per heavy atom. The normalized spacial score (nSPS) is 20.2. The van der Waals surface area contributed by atoms with Crippen LogP contribution in [0, 0.1) is 6.92 Å². The van der Waals surface area contributed by atoms with Crippen LogP contribution in [0.25, 0.3) is 0 Å². The summed E-state index contributed by atoms with van der Waals surface area (Å²) in [6, 6.07) is 4.93. The Hall–Kier alpha value is -1.40. The number of benzene rings is 1. The summed E-state index contributed by atoms with van der Waals surface area (Å²) in [6.45, 7) is 8.37. The molecule has 0 spiro atoms. The van der Waals surface area contributed by atoms with Crippen LogP contribution in [-0.2, 0) is 10.0 Å². The van der Waals surface area contributed by atoms with E-state index in [0.29, 0.717) is 12.1 Å². The zero-order valence-corrected chi connectivity index (χ0v) is 16.5. The Morgan fingerprint density at radius 2 is 2.08 bits per heavy atom. The number of piperidine rings is 1. The first kappa shape index (κ1) is 19.9. The second kappa shape index (κ2) is 8.32. The Morgan fingerprint density at radius 3 is 2.72 bits per heavy atom. The van der Waals surface area contributed by atoms with Crippen LogP contribution in [0.15, 0.2) is 23.1 Å². The van der Waals surface area contributed by atoms with Gasteiger partial charge in [-0.1, -0.05) is 25.8 Å². The number of carbonyl (C=O) groups excluding carboxylic acids is 1. The Balaban J connectivity index is 2.30. The van der Waals surface area contributed by atoms with Crippen LogP contribution in [0.5, 0.6) is 0 Å². The molecule has 1 saturated heterocycles. The van der Waals surface area contributed by atoms with Crippen molar-refractivity contribution < 1.29 is 13.2 Å². The molecule has 1 amide bonds. The van der Waals surface area contributed by atoms with Crippen molar-refractivity contribution in [3.05, 3.63) is 29.3 Å². The van der Waals surface area contributed by atoms with Crippen LogP contribution in [0.3, 0.4) is 0 Å². The molecule has 0 unspecified atom stereocenters. The predicted octanol–water partition coefficient (Wildman–Crippen LogP) is 3.48. The van der Waals surface area contributed by atoms with E-state index in [0.717, 1.165) is 37.7 Å². The molecule has 1 aliphatic rings. The maximum absolute atomic E-state index is 13.0. The van der Waals surface area contributed by atoms with Crippen molar-refractivity contribution in [1.82, 2.24) is 9.62 Å². The third-order valence-corrected chi connectivity index (χ3v) is 6.91. The number of carbonyl (C=O) groups is 1. The van der Waals surface area contributed by atoms with E-state index in [1.165, 1.54) is 6.07 Å². The Labute approximate surface area is 151 Å². The van der Waals surface area contributed by atoms with Crippen LogP contribution in [0.4, 0.5) is 0 Å². The number of rotatable bonds is 6. The topological polar surface area (TPSA) is 66.5 Å². The van der Waals surface area contributed by atoms with E-state index in [-0.39, 0.29) is 22.9 Å². The van der Waals surface area contributed by atoms with Gasteiger partial charge in [0.05, 0.1) is 4.90 Å². The zero-order chi connectivity index (χ0) is 18.6. The van der Waals surface area contributed by atoms with Gasteiger partial charge in [0.15, 0.2) is 0 Å². The third-order valence-electron chi connectivity index (χ3n) is 4.90. The molecule has 2 rings (SSSR count). The fraction of sp³-hybridized carbons (Fsp3) is 0.632. The van der Waals surface area contributed by atoms with E-state index < -0.39 is 10.0 Å². The second-order valence-corrected chi connectivity index (χ2v) is 8.99. The molecule has 0 aliphatic carbocycles. The number of nitrogens with one attached hydrogen (secondary N) is 1. The highest BCUT2D eigenvalue weighted by atomic mass is 32.2. The smallest absolute Gasteiger partial charge is 0.251 e. The molecule has 140 valence electrons. The van der Waals surface area contributed by atoms with Gasteiger partial charge in [0.1, 0.15) is 0 Å². The minimum Gasteiger partial charge on any atom is -0.350 e. The van der Waals surface area contributed by atoms with Gasteiger partial charge in [-0.05, 0) is 57.7 Å². The first-order chi connectivity index (χ1) is 11.8. The molecule has 1 aromatic rings. The lowest BCUT2D eigenvalue weighted by molar-refractivity contribution is 0.0937. The van der Waals surface area contributed by atoms with Crippen LogP contribution >= 0.6 is 0 Å². The molecular weight excluding hydrogens is 336 g/mol. The quantitative estimate of drug-likeness (QED) is 0.838. The number of aryl methyl sites for hydroxylation is 1. The predicted molar refractivity (Wildman–Crippen MR) is 100 cm³/mol. The summed E-state index contributed by atoms with van der Waals surface area (Å²) in [7, 11) is -3.57. The van der Waals surface area contributed by atoms with E-state index in [4.69, 9.17) is 0 Å². The molecule has 25 heavy (non-hydrogen) atoms. The van der Waals surface area contributed by atoms with Crippen molar-refractivity contribution in [3.63, 3.8) is 0 Å². The number of hydrogen-bond donors (Lipinski definition) is 1. The largest absolute Gasteiger partial charge is 0.350 e. The van der Waals surface area contributed by atoms with Crippen LogP contribution in [-0.4, -0.2) is 37.3 Å². The van der Waals surface area contributed by atoms with Gasteiger partial charge in [0.2, 0.25) is 10.0 Å². The zero-order valence-electron chi connectivity index (χ0n) is 15.7. The molecule has 1 N–H and O–H groups in total. The lowest BCUT2D eigenvalue weighted by Crippen LogP contribution is -2.42. The fourth-order valence-electron chi connectivity index (χ4n) is 3.38. The summed E-state index contributed by atoms with van der Waals surface area (Å²) in [5.41, 5.74) is 1.22. The van der Waals surface area contributed by atoms with Crippen LogP contribution in [0.2, 0.25) is 0 Å². The molecule has 0 radical (unpaired) electrons. The molecular formula is C19H30N2O3S. The molecule has 1 aromatic carbocycles. The molecule has 0 saturated carbocycles. The highest BCUT2D eigenvalue weighted by molar-refractivity contribution is 7.89. The minimum absolute atomic E-state index is 0.00176. The van der Waals surface area contributed by atoms with E-state index >= 15 is 0 Å². The lowest BCUT2D eigenvalue weighted by Gasteiger charge is -2.32. The van der Waals surface area contributed by atoms with Gasteiger partial charge in [0, 0.05) is 24.2 Å². The minimum atomic E-state index is -3.57. The monoisotopic (exact) mass is 366 g/mol. The Kier molecular flexibility index (Phi) is 6.63. The molecule has 0 aromatic heterocycles. The maximum atomic E-state index is 13.0. The molecule has 1 aliphatic heterocycles. The first-order valence-corrected chi connectivity index (χ1v) is 10.6. The summed E-state index contributed by atoms with van der Waals surface area (Å²) in [5, 5.41) is 2.96. The summed E-state index contributed by atoms with van der Waals surface area (Å²) in [4.78, 5) is 12.8. The fourth-order valence-corrected chi connectivity index (χ4v) is 5.10. The molecule has 1 fully saturated rings. The van der Waals surface area contributed by atoms with Crippen molar-refractivity contribution in [2.75, 3.05) is 6.54 Å². The highest BCUT2D eigenvalue weighted by Gasteiger charge is 2.31. The van der Waals surface area contributed by atoms with Crippen molar-refractivity contribution in [1.29, 1.82) is 0 Å². The van der Waals surface area contributed by atoms with Crippen molar-refractivity contribution in [2.24, 2.45) is 0 Å². The average molecular weight is 367 g/mol. The van der Waals surface area contributed by atoms with Gasteiger partial charge in [0.25, 0.3) is 5.91 Å². The van der Waals surface area contributed by atoms with Gasteiger partial charge in [-0.25, -0.2) is 8.42 Å². The number of hydrogen-bond acceptors (Lipinski definition) is 3. The van der Waals surface area contributed by atoms with E-state index in [2.05, 4.69) is 12.2 Å². The van der Waals surface area contributed by atoms with Crippen LogP contribution < -0.4 is 5.32 Å². The Bertz CT molecular complexity index is 715. The first-order valence-electron chi connectivity index (χ1n) is 9.20. The van der Waals surface area contributed by atoms with Gasteiger partial charge in [-0.3, -0.25) is 4.79 Å². The average Bonchev–Trinajstić information content (AvgIpc) is 2.55. The number of nitrogens with zero attached hydrogens (tertiary/aromatic N) is 1. The second-order valence-electron chi connectivity index (χ2n) is 7.10. The summed E-state index contributed by atoms with van der Waals surface area (Å²) in [6.07, 6.45) is 4.71. The van der Waals surface area contributed by atoms with E-state index in [1.807, 2.05) is 20.8 Å². The number of sulfonamides is 1. The van der Waals surface area contributed by atoms with E-state index in [1.54, 1.807) is 16.4 Å². The molecule has 2 atom stereocenters. The molecule has 0 bridgehead atoms. The summed E-state index contributed by atoms with van der Waals surface area (Å²) < 4.78 is 27.6. The maximum Gasteiger partial charge on any atom is 0.251 e. The highest BCUT2D eigenvalue weighted by Crippen LogP contribution is 2.26. The third kappa shape index (κ3) is 4.61. The van der Waals surface area contributed by atoms with Gasteiger partial charge >= 0.3 is 0 Å². The summed E-state index contributed by atoms with van der Waals surface area (Å²) >= 11 is 0. The summed E-state index contributed by atoms with van der Waals surface area (Å²) in [5.74, 6) is -0.206. The van der Waals surface area contributed by atoms with Crippen LogP contribution in [0.1, 0.15) is 68.8 Å². The molecule has 5 nitrogen and oxygen atoms in total. The van der Waals surface area contributed by atoms with Gasteiger partial charge in [-0.2, -0.15) is 4.31 Å². The molecule has 1 heterocycles. The standard InChI is InChI=1S/C19H30N2O3S/c1-5-8-15(3)20-19(22)18-13-17(11-10-14(18)2)25(23,24)21-12-7-6-9-16(21)4/h10-11,13,15-16H,5-9,12H2,1-4H3,(H,20,22)/t15-,16-/m1/s1.